The summed E-state index contributed by atoms with van der Waals surface area (Å²) in [5, 5.41) is 3.94. The highest BCUT2D eigenvalue weighted by atomic mass is 79.9. The molecule has 1 N–H and O–H groups in total. The first-order valence-corrected chi connectivity index (χ1v) is 7.44. The quantitative estimate of drug-likeness (QED) is 0.726. The van der Waals surface area contributed by atoms with E-state index in [4.69, 9.17) is 4.74 Å². The van der Waals surface area contributed by atoms with Gasteiger partial charge in [0.15, 0.2) is 11.5 Å². The number of ether oxygens (including phenoxy) is 1. The summed E-state index contributed by atoms with van der Waals surface area (Å²) in [6.45, 7) is 1.96. The first-order chi connectivity index (χ1) is 11.3. The van der Waals surface area contributed by atoms with Crippen LogP contribution in [-0.4, -0.2) is 31.3 Å². The topological polar surface area (TPSA) is 85.7 Å². The molecule has 0 radical (unpaired) electrons. The number of aromatic amines is 1. The van der Waals surface area contributed by atoms with Gasteiger partial charge in [0.05, 0.1) is 6.61 Å². The zero-order valence-electron chi connectivity index (χ0n) is 12.1. The van der Waals surface area contributed by atoms with Crippen molar-refractivity contribution in [2.24, 2.45) is 0 Å². The Morgan fingerprint density at radius 1 is 1.42 bits per heavy atom. The number of H-pyrrole nitrogens is 1. The number of hydrogen-bond acceptors (Lipinski definition) is 5. The van der Waals surface area contributed by atoms with Crippen molar-refractivity contribution >= 4 is 27.0 Å². The Bertz CT molecular complexity index is 966. The second-order valence-electron chi connectivity index (χ2n) is 4.64. The lowest BCUT2D eigenvalue weighted by molar-refractivity contribution is -0.137. The van der Waals surface area contributed by atoms with Crippen molar-refractivity contribution in [2.45, 2.75) is 13.1 Å². The number of alkyl halides is 3. The highest BCUT2D eigenvalue weighted by Crippen LogP contribution is 2.34. The SMILES string of the molecule is CCOc1nc2nn(-c3ncc(Br)cc3C(F)(F)F)cc2c(=O)[nH]1. The lowest BCUT2D eigenvalue weighted by Crippen LogP contribution is -2.13. The van der Waals surface area contributed by atoms with Gasteiger partial charge in [0.25, 0.3) is 11.6 Å². The van der Waals surface area contributed by atoms with Crippen LogP contribution in [0.15, 0.2) is 27.7 Å². The summed E-state index contributed by atoms with van der Waals surface area (Å²) in [7, 11) is 0. The molecule has 0 bridgehead atoms. The molecule has 0 aliphatic rings. The van der Waals surface area contributed by atoms with Crippen molar-refractivity contribution in [3.05, 3.63) is 38.9 Å². The molecule has 7 nitrogen and oxygen atoms in total. The van der Waals surface area contributed by atoms with Crippen molar-refractivity contribution in [2.75, 3.05) is 6.61 Å². The molecule has 0 atom stereocenters. The zero-order valence-corrected chi connectivity index (χ0v) is 13.6. The maximum absolute atomic E-state index is 13.2. The van der Waals surface area contributed by atoms with Crippen molar-refractivity contribution in [3.8, 4) is 11.8 Å². The number of nitrogens with one attached hydrogen (secondary N) is 1. The van der Waals surface area contributed by atoms with Gasteiger partial charge in [-0.1, -0.05) is 0 Å². The first-order valence-electron chi connectivity index (χ1n) is 6.65. The van der Waals surface area contributed by atoms with Gasteiger partial charge in [-0.25, -0.2) is 9.67 Å². The summed E-state index contributed by atoms with van der Waals surface area (Å²) >= 11 is 2.96. The maximum Gasteiger partial charge on any atom is 0.420 e. The lowest BCUT2D eigenvalue weighted by atomic mass is 10.2. The number of pyridine rings is 1. The molecule has 3 aromatic heterocycles. The van der Waals surface area contributed by atoms with Crippen LogP contribution in [0.25, 0.3) is 16.9 Å². The van der Waals surface area contributed by atoms with E-state index in [0.717, 1.165) is 16.9 Å². The largest absolute Gasteiger partial charge is 0.465 e. The monoisotopic (exact) mass is 403 g/mol. The molecule has 0 amide bonds. The van der Waals surface area contributed by atoms with Gasteiger partial charge in [-0.05, 0) is 28.9 Å². The number of fused-ring (bicyclic) bond motifs is 1. The maximum atomic E-state index is 13.2. The van der Waals surface area contributed by atoms with Crippen LogP contribution in [-0.2, 0) is 6.18 Å². The molecule has 11 heteroatoms. The van der Waals surface area contributed by atoms with Crippen LogP contribution in [0.3, 0.4) is 0 Å². The second-order valence-corrected chi connectivity index (χ2v) is 5.55. The van der Waals surface area contributed by atoms with Crippen LogP contribution in [0.5, 0.6) is 6.01 Å². The molecule has 0 saturated heterocycles. The molecule has 0 aliphatic carbocycles. The minimum Gasteiger partial charge on any atom is -0.465 e. The smallest absolute Gasteiger partial charge is 0.420 e. The van der Waals surface area contributed by atoms with E-state index in [1.165, 1.54) is 6.20 Å². The molecular formula is C13H9BrF3N5O2. The Labute approximate surface area is 140 Å². The number of halogens is 4. The average Bonchev–Trinajstić information content (AvgIpc) is 2.91. The minimum atomic E-state index is -4.64. The Balaban J connectivity index is 2.21. The number of rotatable bonds is 3. The van der Waals surface area contributed by atoms with Gasteiger partial charge in [-0.15, -0.1) is 5.10 Å². The van der Waals surface area contributed by atoms with E-state index in [9.17, 15) is 18.0 Å². The summed E-state index contributed by atoms with van der Waals surface area (Å²) < 4.78 is 45.8. The summed E-state index contributed by atoms with van der Waals surface area (Å²) in [6, 6.07) is 0.831. The van der Waals surface area contributed by atoms with Crippen LogP contribution < -0.4 is 10.3 Å². The molecular weight excluding hydrogens is 395 g/mol. The molecule has 0 spiro atoms. The first kappa shape index (κ1) is 16.4. The van der Waals surface area contributed by atoms with E-state index in [0.29, 0.717) is 0 Å². The highest BCUT2D eigenvalue weighted by Gasteiger charge is 2.35. The Morgan fingerprint density at radius 2 is 2.17 bits per heavy atom. The number of hydrogen-bond donors (Lipinski definition) is 1. The van der Waals surface area contributed by atoms with E-state index in [1.54, 1.807) is 6.92 Å². The van der Waals surface area contributed by atoms with Crippen molar-refractivity contribution in [3.63, 3.8) is 0 Å². The normalized spacial score (nSPS) is 11.9. The fraction of sp³-hybridized carbons (Fsp3) is 0.231. The Hall–Kier alpha value is -2.43. The van der Waals surface area contributed by atoms with Crippen LogP contribution in [0.2, 0.25) is 0 Å². The van der Waals surface area contributed by atoms with Crippen LogP contribution in [0.4, 0.5) is 13.2 Å². The van der Waals surface area contributed by atoms with Crippen LogP contribution in [0.1, 0.15) is 12.5 Å². The number of nitrogens with zero attached hydrogens (tertiary/aromatic N) is 4. The van der Waals surface area contributed by atoms with E-state index in [2.05, 4.69) is 36.0 Å². The fourth-order valence-electron chi connectivity index (χ4n) is 2.03. The van der Waals surface area contributed by atoms with Crippen LogP contribution >= 0.6 is 15.9 Å². The molecule has 24 heavy (non-hydrogen) atoms. The van der Waals surface area contributed by atoms with Gasteiger partial charge in [0.2, 0.25) is 0 Å². The van der Waals surface area contributed by atoms with Gasteiger partial charge >= 0.3 is 6.18 Å². The molecule has 3 heterocycles. The third-order valence-electron chi connectivity index (χ3n) is 3.00. The molecule has 0 aromatic carbocycles. The van der Waals surface area contributed by atoms with E-state index < -0.39 is 23.1 Å². The molecule has 0 saturated carbocycles. The van der Waals surface area contributed by atoms with E-state index in [1.807, 2.05) is 0 Å². The summed E-state index contributed by atoms with van der Waals surface area (Å²) in [5.74, 6) is -0.457. The summed E-state index contributed by atoms with van der Waals surface area (Å²) in [6.07, 6.45) is -2.29. The molecule has 0 unspecified atom stereocenters. The van der Waals surface area contributed by atoms with Crippen LogP contribution in [0, 0.1) is 0 Å². The highest BCUT2D eigenvalue weighted by molar-refractivity contribution is 9.10. The summed E-state index contributed by atoms with van der Waals surface area (Å²) in [5.41, 5.74) is -1.61. The van der Waals surface area contributed by atoms with E-state index in [-0.39, 0.29) is 28.1 Å². The predicted octanol–water partition coefficient (Wildman–Crippen LogP) is 2.68. The molecule has 3 aromatic rings. The predicted molar refractivity (Wildman–Crippen MR) is 81.2 cm³/mol. The molecule has 126 valence electrons. The number of aromatic nitrogens is 5. The second kappa shape index (κ2) is 5.89. The van der Waals surface area contributed by atoms with Gasteiger partial charge in [0, 0.05) is 16.9 Å². The summed E-state index contributed by atoms with van der Waals surface area (Å²) in [4.78, 5) is 22.1. The van der Waals surface area contributed by atoms with E-state index >= 15 is 0 Å². The Morgan fingerprint density at radius 3 is 2.83 bits per heavy atom. The minimum absolute atomic E-state index is 0.0243. The van der Waals surface area contributed by atoms with Gasteiger partial charge < -0.3 is 4.74 Å². The Kier molecular flexibility index (Phi) is 4.03. The van der Waals surface area contributed by atoms with Crippen molar-refractivity contribution in [1.29, 1.82) is 0 Å². The third-order valence-corrected chi connectivity index (χ3v) is 3.44. The van der Waals surface area contributed by atoms with Gasteiger partial charge in [-0.2, -0.15) is 18.2 Å². The standard InChI is InChI=1S/C13H9BrF3N5O2/c1-2-24-12-19-9-7(11(23)20-12)5-22(21-9)10-8(13(15,16)17)3-6(14)4-18-10/h3-5H,2H2,1H3,(H,19,20,21,23). The molecule has 3 rings (SSSR count). The lowest BCUT2D eigenvalue weighted by Gasteiger charge is -2.11. The van der Waals surface area contributed by atoms with Crippen molar-refractivity contribution < 1.29 is 17.9 Å². The molecule has 0 aliphatic heterocycles. The van der Waals surface area contributed by atoms with Crippen molar-refractivity contribution in [1.82, 2.24) is 24.7 Å². The van der Waals surface area contributed by atoms with Gasteiger partial charge in [-0.3, -0.25) is 9.78 Å². The average molecular weight is 404 g/mol. The third kappa shape index (κ3) is 2.98. The molecule has 0 fully saturated rings. The zero-order chi connectivity index (χ0) is 17.5. The fourth-order valence-corrected chi connectivity index (χ4v) is 2.36. The van der Waals surface area contributed by atoms with Gasteiger partial charge in [0.1, 0.15) is 10.9 Å².